The topological polar surface area (TPSA) is 109 Å². The second kappa shape index (κ2) is 5.04. The van der Waals surface area contributed by atoms with Gasteiger partial charge in [0.15, 0.2) is 5.69 Å². The van der Waals surface area contributed by atoms with E-state index in [2.05, 4.69) is 10.3 Å². The number of nitrogens with zero attached hydrogens (tertiary/aromatic N) is 5. The molecule has 0 aromatic carbocycles. The molecule has 1 saturated heterocycles. The molecule has 1 aromatic rings. The average molecular weight is 267 g/mol. The van der Waals surface area contributed by atoms with Gasteiger partial charge in [-0.1, -0.05) is 5.21 Å². The van der Waals surface area contributed by atoms with Crippen LogP contribution in [0.4, 0.5) is 0 Å². The molecule has 2 heterocycles. The zero-order valence-electron chi connectivity index (χ0n) is 10.3. The van der Waals surface area contributed by atoms with Gasteiger partial charge >= 0.3 is 5.97 Å². The Morgan fingerprint density at radius 3 is 2.68 bits per heavy atom. The maximum atomic E-state index is 11.7. The molecule has 1 aliphatic heterocycles. The van der Waals surface area contributed by atoms with Crippen LogP contribution in [0.3, 0.4) is 0 Å². The van der Waals surface area contributed by atoms with Crippen LogP contribution in [0.15, 0.2) is 6.20 Å². The Morgan fingerprint density at radius 1 is 1.32 bits per heavy atom. The molecule has 1 fully saturated rings. The molecule has 2 amide bonds. The molecule has 2 rings (SSSR count). The predicted molar refractivity (Wildman–Crippen MR) is 61.2 cm³/mol. The molecule has 9 nitrogen and oxygen atoms in total. The van der Waals surface area contributed by atoms with Gasteiger partial charge in [-0.3, -0.25) is 9.59 Å². The summed E-state index contributed by atoms with van der Waals surface area (Å²) >= 11 is 0. The van der Waals surface area contributed by atoms with Gasteiger partial charge in [0.1, 0.15) is 0 Å². The number of carboxylic acid groups (broad SMARTS) is 1. The molecule has 19 heavy (non-hydrogen) atoms. The van der Waals surface area contributed by atoms with Gasteiger partial charge in [0.05, 0.1) is 25.8 Å². The van der Waals surface area contributed by atoms with E-state index >= 15 is 0 Å². The zero-order valence-corrected chi connectivity index (χ0v) is 10.3. The monoisotopic (exact) mass is 267 g/mol. The summed E-state index contributed by atoms with van der Waals surface area (Å²) < 4.78 is 1.33. The van der Waals surface area contributed by atoms with Crippen LogP contribution in [0.1, 0.15) is 10.5 Å². The Bertz CT molecular complexity index is 526. The molecule has 102 valence electrons. The lowest BCUT2D eigenvalue weighted by atomic mass is 10.3. The second-order valence-corrected chi connectivity index (χ2v) is 4.24. The largest absolute Gasteiger partial charge is 0.476 e. The second-order valence-electron chi connectivity index (χ2n) is 4.24. The van der Waals surface area contributed by atoms with Crippen molar-refractivity contribution in [3.63, 3.8) is 0 Å². The third-order valence-electron chi connectivity index (χ3n) is 2.83. The minimum atomic E-state index is -1.16. The lowest BCUT2D eigenvalue weighted by Gasteiger charge is -2.31. The van der Waals surface area contributed by atoms with Crippen molar-refractivity contribution in [2.45, 2.75) is 6.54 Å². The highest BCUT2D eigenvalue weighted by Gasteiger charge is 2.27. The van der Waals surface area contributed by atoms with Crippen molar-refractivity contribution in [3.05, 3.63) is 11.9 Å². The lowest BCUT2D eigenvalue weighted by molar-refractivity contribution is -0.148. The SMILES string of the molecule is CN1CC(=O)N(CCn2cc(C(=O)O)nn2)CC1=O. The van der Waals surface area contributed by atoms with Gasteiger partial charge in [0.25, 0.3) is 0 Å². The van der Waals surface area contributed by atoms with Crippen LogP contribution in [-0.2, 0) is 16.1 Å². The van der Waals surface area contributed by atoms with E-state index in [1.807, 2.05) is 0 Å². The van der Waals surface area contributed by atoms with E-state index in [0.717, 1.165) is 0 Å². The molecular weight excluding hydrogens is 254 g/mol. The van der Waals surface area contributed by atoms with Crippen molar-refractivity contribution in [1.82, 2.24) is 24.8 Å². The third-order valence-corrected chi connectivity index (χ3v) is 2.83. The number of carbonyl (C=O) groups excluding carboxylic acids is 2. The minimum Gasteiger partial charge on any atom is -0.476 e. The molecule has 9 heteroatoms. The van der Waals surface area contributed by atoms with Gasteiger partial charge in [-0.05, 0) is 0 Å². The van der Waals surface area contributed by atoms with E-state index in [-0.39, 0.29) is 30.6 Å². The summed E-state index contributed by atoms with van der Waals surface area (Å²) in [7, 11) is 1.58. The summed E-state index contributed by atoms with van der Waals surface area (Å²) in [6.07, 6.45) is 1.28. The standard InChI is InChI=1S/C10H13N5O4/c1-13-5-9(17)14(6-8(13)16)2-3-15-4-7(10(18)19)11-12-15/h4H,2-3,5-6H2,1H3,(H,18,19). The van der Waals surface area contributed by atoms with Crippen molar-refractivity contribution in [3.8, 4) is 0 Å². The summed E-state index contributed by atoms with van der Waals surface area (Å²) in [4.78, 5) is 36.6. The zero-order chi connectivity index (χ0) is 14.0. The first kappa shape index (κ1) is 13.0. The summed E-state index contributed by atoms with van der Waals surface area (Å²) in [6, 6.07) is 0. The van der Waals surface area contributed by atoms with Crippen LogP contribution < -0.4 is 0 Å². The van der Waals surface area contributed by atoms with Crippen LogP contribution in [0, 0.1) is 0 Å². The number of aromatic carboxylic acids is 1. The van der Waals surface area contributed by atoms with Gasteiger partial charge in [-0.15, -0.1) is 5.10 Å². The lowest BCUT2D eigenvalue weighted by Crippen LogP contribution is -2.52. The molecule has 0 saturated carbocycles. The summed E-state index contributed by atoms with van der Waals surface area (Å²) in [5.74, 6) is -1.41. The predicted octanol–water partition coefficient (Wildman–Crippen LogP) is -1.72. The van der Waals surface area contributed by atoms with E-state index < -0.39 is 5.97 Å². The van der Waals surface area contributed by atoms with E-state index in [9.17, 15) is 14.4 Å². The molecule has 0 aliphatic carbocycles. The number of carbonyl (C=O) groups is 3. The molecule has 1 aromatic heterocycles. The van der Waals surface area contributed by atoms with Gasteiger partial charge in [0, 0.05) is 13.6 Å². The number of likely N-dealkylation sites (N-methyl/N-ethyl adjacent to an activating group) is 1. The summed E-state index contributed by atoms with van der Waals surface area (Å²) in [5.41, 5.74) is -0.152. The Hall–Kier alpha value is -2.45. The number of hydrogen-bond acceptors (Lipinski definition) is 5. The molecule has 0 unspecified atom stereocenters. The van der Waals surface area contributed by atoms with Crippen LogP contribution in [0.5, 0.6) is 0 Å². The Labute approximate surface area is 108 Å². The number of aromatic nitrogens is 3. The molecular formula is C10H13N5O4. The van der Waals surface area contributed by atoms with E-state index in [0.29, 0.717) is 13.1 Å². The highest BCUT2D eigenvalue weighted by Crippen LogP contribution is 2.03. The highest BCUT2D eigenvalue weighted by atomic mass is 16.4. The number of amides is 2. The highest BCUT2D eigenvalue weighted by molar-refractivity contribution is 5.92. The summed E-state index contributed by atoms with van der Waals surface area (Å²) in [5, 5.41) is 15.8. The third kappa shape index (κ3) is 2.87. The fourth-order valence-corrected chi connectivity index (χ4v) is 1.70. The number of carboxylic acids is 1. The molecule has 0 radical (unpaired) electrons. The Kier molecular flexibility index (Phi) is 3.45. The van der Waals surface area contributed by atoms with Crippen LogP contribution in [-0.4, -0.2) is 74.4 Å². The van der Waals surface area contributed by atoms with E-state index in [1.165, 1.54) is 20.7 Å². The minimum absolute atomic E-state index is 0.0375. The van der Waals surface area contributed by atoms with Gasteiger partial charge in [-0.2, -0.15) is 0 Å². The fourth-order valence-electron chi connectivity index (χ4n) is 1.70. The number of hydrogen-bond donors (Lipinski definition) is 1. The number of rotatable bonds is 4. The van der Waals surface area contributed by atoms with E-state index in [4.69, 9.17) is 5.11 Å². The van der Waals surface area contributed by atoms with Crippen LogP contribution in [0.25, 0.3) is 0 Å². The van der Waals surface area contributed by atoms with Gasteiger partial charge < -0.3 is 14.9 Å². The molecule has 0 atom stereocenters. The first-order chi connectivity index (χ1) is 8.97. The van der Waals surface area contributed by atoms with Crippen molar-refractivity contribution in [1.29, 1.82) is 0 Å². The van der Waals surface area contributed by atoms with E-state index in [1.54, 1.807) is 7.05 Å². The first-order valence-electron chi connectivity index (χ1n) is 5.62. The Morgan fingerprint density at radius 2 is 2.05 bits per heavy atom. The molecule has 1 N–H and O–H groups in total. The van der Waals surface area contributed by atoms with Gasteiger partial charge in [0.2, 0.25) is 11.8 Å². The number of piperazine rings is 1. The van der Waals surface area contributed by atoms with Crippen LogP contribution >= 0.6 is 0 Å². The van der Waals surface area contributed by atoms with Gasteiger partial charge in [-0.25, -0.2) is 9.48 Å². The normalized spacial score (nSPS) is 16.1. The van der Waals surface area contributed by atoms with Crippen LogP contribution in [0.2, 0.25) is 0 Å². The molecule has 1 aliphatic rings. The first-order valence-corrected chi connectivity index (χ1v) is 5.62. The average Bonchev–Trinajstić information content (AvgIpc) is 2.81. The van der Waals surface area contributed by atoms with Crippen molar-refractivity contribution < 1.29 is 19.5 Å². The smallest absolute Gasteiger partial charge is 0.358 e. The van der Waals surface area contributed by atoms with Crippen molar-refractivity contribution in [2.24, 2.45) is 0 Å². The maximum absolute atomic E-state index is 11.7. The quantitative estimate of drug-likeness (QED) is 0.695. The molecule has 0 spiro atoms. The fraction of sp³-hybridized carbons (Fsp3) is 0.500. The molecule has 0 bridgehead atoms. The van der Waals surface area contributed by atoms with Crippen molar-refractivity contribution >= 4 is 17.8 Å². The Balaban J connectivity index is 1.92. The maximum Gasteiger partial charge on any atom is 0.358 e. The van der Waals surface area contributed by atoms with Crippen molar-refractivity contribution in [2.75, 3.05) is 26.7 Å². The summed E-state index contributed by atoms with van der Waals surface area (Å²) in [6.45, 7) is 0.691.